The molecule has 0 unspecified atom stereocenters. The number of allylic oxidation sites excluding steroid dienone is 6. The van der Waals surface area contributed by atoms with E-state index in [1.807, 2.05) is 97.1 Å². The van der Waals surface area contributed by atoms with Crippen LogP contribution in [0.4, 0.5) is 0 Å². The number of carbonyl (C=O) groups is 1. The minimum atomic E-state index is -0.373. The lowest BCUT2D eigenvalue weighted by molar-refractivity contribution is -0.300. The first kappa shape index (κ1) is 33.7. The average Bonchev–Trinajstić information content (AvgIpc) is 3.21. The van der Waals surface area contributed by atoms with Crippen LogP contribution < -0.4 is 24.1 Å². The summed E-state index contributed by atoms with van der Waals surface area (Å²) in [6, 6.07) is 33.4. The summed E-state index contributed by atoms with van der Waals surface area (Å²) >= 11 is 0. The molecule has 258 valence electrons. The van der Waals surface area contributed by atoms with Crippen molar-refractivity contribution >= 4 is 23.4 Å². The van der Waals surface area contributed by atoms with Crippen molar-refractivity contribution in [2.24, 2.45) is 0 Å². The molecule has 0 radical (unpaired) electrons. The van der Waals surface area contributed by atoms with Crippen LogP contribution >= 0.6 is 0 Å². The molecule has 52 heavy (non-hydrogen) atoms. The van der Waals surface area contributed by atoms with Crippen LogP contribution in [0, 0.1) is 0 Å². The second-order valence-electron chi connectivity index (χ2n) is 11.8. The molecule has 1 aliphatic heterocycles. The quantitative estimate of drug-likeness (QED) is 0.106. The van der Waals surface area contributed by atoms with Crippen molar-refractivity contribution in [3.8, 4) is 45.6 Å². The van der Waals surface area contributed by atoms with Gasteiger partial charge in [-0.05, 0) is 84.0 Å². The van der Waals surface area contributed by atoms with Gasteiger partial charge in [0.25, 0.3) is 0 Å². The highest BCUT2D eigenvalue weighted by atomic mass is 16.5. The molecule has 0 atom stereocenters. The highest BCUT2D eigenvalue weighted by Gasteiger charge is 2.29. The minimum Gasteiger partial charge on any atom is -0.871 e. The lowest BCUT2D eigenvalue weighted by atomic mass is 9.85. The van der Waals surface area contributed by atoms with Crippen LogP contribution in [0.1, 0.15) is 16.7 Å². The van der Waals surface area contributed by atoms with Crippen LogP contribution in [-0.4, -0.2) is 34.2 Å². The van der Waals surface area contributed by atoms with Crippen molar-refractivity contribution < 1.29 is 38.0 Å². The molecule has 4 aromatic carbocycles. The van der Waals surface area contributed by atoms with Gasteiger partial charge >= 0.3 is 11.5 Å². The summed E-state index contributed by atoms with van der Waals surface area (Å²) in [5.41, 5.74) is 4.14. The van der Waals surface area contributed by atoms with E-state index in [0.29, 0.717) is 79.4 Å². The van der Waals surface area contributed by atoms with Gasteiger partial charge in [-0.2, -0.15) is 0 Å². The van der Waals surface area contributed by atoms with E-state index in [-0.39, 0.29) is 22.7 Å². The lowest BCUT2D eigenvalue weighted by Crippen LogP contribution is -2.29. The van der Waals surface area contributed by atoms with E-state index in [1.165, 1.54) is 0 Å². The first-order chi connectivity index (χ1) is 25.4. The van der Waals surface area contributed by atoms with Gasteiger partial charge < -0.3 is 28.8 Å². The van der Waals surface area contributed by atoms with E-state index in [2.05, 4.69) is 0 Å². The molecule has 0 fully saturated rings. The van der Waals surface area contributed by atoms with Gasteiger partial charge in [0.05, 0.1) is 51.7 Å². The third kappa shape index (κ3) is 6.45. The molecule has 2 aliphatic rings. The Morgan fingerprint density at radius 3 is 1.40 bits per heavy atom. The summed E-state index contributed by atoms with van der Waals surface area (Å²) in [6.45, 7) is 0. The molecule has 0 saturated carbocycles. The fraction of sp³-hybridized carbons (Fsp3) is 0.0909. The number of rotatable bonds is 10. The number of benzene rings is 4. The number of ether oxygens (including phenoxy) is 5. The van der Waals surface area contributed by atoms with Gasteiger partial charge in [0.1, 0.15) is 45.6 Å². The Hall–Kier alpha value is -6.80. The van der Waals surface area contributed by atoms with E-state index in [9.17, 15) is 9.90 Å². The Kier molecular flexibility index (Phi) is 9.45. The first-order valence-corrected chi connectivity index (χ1v) is 16.4. The zero-order valence-corrected chi connectivity index (χ0v) is 29.0. The summed E-state index contributed by atoms with van der Waals surface area (Å²) in [7, 11) is 6.35. The maximum Gasteiger partial charge on any atom is 0.365 e. The van der Waals surface area contributed by atoms with Gasteiger partial charge in [-0.15, -0.1) is 0 Å². The molecule has 8 nitrogen and oxygen atoms in total. The van der Waals surface area contributed by atoms with Crippen molar-refractivity contribution in [2.45, 2.75) is 0 Å². The third-order valence-corrected chi connectivity index (χ3v) is 8.72. The van der Waals surface area contributed by atoms with E-state index >= 15 is 0 Å². The molecule has 0 amide bonds. The number of hydrogen-bond donors (Lipinski definition) is 0. The minimum absolute atomic E-state index is 0.0601. The standard InChI is InChI=1S/C44H34O8/c1-47-35-17-9-5-13-29(35)39-23-27(24-40(51-39)30-14-6-10-18-36(30)48-2)21-33-43(45)34(44(33)46)22-28-25-41(31-15-7-11-19-37(31)49-3)52-42(26-28)32-16-8-12-20-38(32)50-4/h5-26H,1-4H3. The van der Waals surface area contributed by atoms with Gasteiger partial charge in [-0.25, -0.2) is 4.42 Å². The Labute approximate surface area is 301 Å². The molecular weight excluding hydrogens is 656 g/mol. The van der Waals surface area contributed by atoms with Gasteiger partial charge in [0.15, 0.2) is 5.78 Å². The number of carbonyl (C=O) groups excluding carboxylic acids is 1. The normalized spacial score (nSPS) is 14.6. The molecule has 0 bridgehead atoms. The predicted molar refractivity (Wildman–Crippen MR) is 198 cm³/mol. The highest BCUT2D eigenvalue weighted by Crippen LogP contribution is 2.41. The van der Waals surface area contributed by atoms with E-state index in [0.717, 1.165) is 0 Å². The predicted octanol–water partition coefficient (Wildman–Crippen LogP) is 8.55. The average molecular weight is 691 g/mol. The van der Waals surface area contributed by atoms with E-state index in [1.54, 1.807) is 64.9 Å². The smallest absolute Gasteiger partial charge is 0.365 e. The zero-order valence-electron chi connectivity index (χ0n) is 29.0. The number of Topliss-reactive ketones (excluding diaryl/α,β-unsaturated/α-hetero) is 1. The summed E-state index contributed by atoms with van der Waals surface area (Å²) in [5.74, 6) is 3.65. The molecule has 2 heterocycles. The third-order valence-electron chi connectivity index (χ3n) is 8.72. The Morgan fingerprint density at radius 1 is 0.577 bits per heavy atom. The Balaban J connectivity index is 1.33. The topological polar surface area (TPSA) is 97.6 Å². The van der Waals surface area contributed by atoms with Crippen LogP contribution in [0.15, 0.2) is 154 Å². The summed E-state index contributed by atoms with van der Waals surface area (Å²) in [4.78, 5) is 13.7. The maximum atomic E-state index is 13.7. The molecule has 7 rings (SSSR count). The monoisotopic (exact) mass is 690 g/mol. The van der Waals surface area contributed by atoms with Gasteiger partial charge in [-0.1, -0.05) is 54.3 Å². The SMILES string of the molecule is COc1ccccc1C1=CC(=CC2=C([O-])C(=Cc3cc(-c4ccccc4OC)[o+]c(-c4ccccc4OC)c3)C2=O)C=C(c2ccccc2OC)O1. The number of hydrogen-bond acceptors (Lipinski definition) is 7. The maximum absolute atomic E-state index is 13.7. The molecule has 0 N–H and O–H groups in total. The molecule has 0 saturated heterocycles. The summed E-state index contributed by atoms with van der Waals surface area (Å²) in [5, 5.41) is 13.7. The molecular formula is C44H34O8. The van der Waals surface area contributed by atoms with Gasteiger partial charge in [0.2, 0.25) is 0 Å². The number of para-hydroxylation sites is 4. The molecule has 1 aliphatic carbocycles. The number of ketones is 1. The highest BCUT2D eigenvalue weighted by molar-refractivity contribution is 6.23. The van der Waals surface area contributed by atoms with Crippen molar-refractivity contribution in [1.29, 1.82) is 0 Å². The Bertz CT molecular complexity index is 2230. The van der Waals surface area contributed by atoms with Gasteiger partial charge in [-0.3, -0.25) is 4.79 Å². The first-order valence-electron chi connectivity index (χ1n) is 16.4. The zero-order chi connectivity index (χ0) is 36.2. The molecule has 8 heteroatoms. The van der Waals surface area contributed by atoms with Crippen molar-refractivity contribution in [1.82, 2.24) is 0 Å². The van der Waals surface area contributed by atoms with Crippen LogP contribution in [0.2, 0.25) is 0 Å². The van der Waals surface area contributed by atoms with Crippen LogP contribution in [0.3, 0.4) is 0 Å². The molecule has 1 aromatic heterocycles. The van der Waals surface area contributed by atoms with Gasteiger partial charge in [0, 0.05) is 11.1 Å². The van der Waals surface area contributed by atoms with E-state index in [4.69, 9.17) is 28.1 Å². The fourth-order valence-corrected chi connectivity index (χ4v) is 6.16. The summed E-state index contributed by atoms with van der Waals surface area (Å²) < 4.78 is 35.2. The van der Waals surface area contributed by atoms with Crippen molar-refractivity contribution in [3.05, 3.63) is 167 Å². The Morgan fingerprint density at radius 2 is 0.981 bits per heavy atom. The second-order valence-corrected chi connectivity index (χ2v) is 11.8. The van der Waals surface area contributed by atoms with Crippen LogP contribution in [0.5, 0.6) is 23.0 Å². The van der Waals surface area contributed by atoms with Crippen molar-refractivity contribution in [2.75, 3.05) is 28.4 Å². The van der Waals surface area contributed by atoms with Crippen molar-refractivity contribution in [3.63, 3.8) is 0 Å². The van der Waals surface area contributed by atoms with Crippen LogP contribution in [-0.2, 0) is 9.53 Å². The molecule has 0 spiro atoms. The largest absolute Gasteiger partial charge is 0.871 e. The fourth-order valence-electron chi connectivity index (χ4n) is 6.16. The lowest BCUT2D eigenvalue weighted by Gasteiger charge is -2.29. The number of methoxy groups -OCH3 is 4. The van der Waals surface area contributed by atoms with Crippen LogP contribution in [0.25, 0.3) is 40.2 Å². The second kappa shape index (κ2) is 14.6. The molecule has 5 aromatic rings. The summed E-state index contributed by atoms with van der Waals surface area (Å²) in [6.07, 6.45) is 6.75. The van der Waals surface area contributed by atoms with E-state index < -0.39 is 0 Å².